The first-order valence-electron chi connectivity index (χ1n) is 6.61. The van der Waals surface area contributed by atoms with E-state index in [4.69, 9.17) is 0 Å². The average molecular weight is 297 g/mol. The van der Waals surface area contributed by atoms with Crippen LogP contribution in [0.3, 0.4) is 0 Å². The Morgan fingerprint density at radius 1 is 1.24 bits per heavy atom. The maximum Gasteiger partial charge on any atom is 0.276 e. The van der Waals surface area contributed by atoms with Crippen LogP contribution in [-0.4, -0.2) is 16.1 Å². The zero-order valence-corrected chi connectivity index (χ0v) is 12.6. The molecule has 0 saturated heterocycles. The molecule has 0 aliphatic carbocycles. The summed E-state index contributed by atoms with van der Waals surface area (Å²) in [5.41, 5.74) is 4.27. The number of aryl methyl sites for hydroxylation is 2. The van der Waals surface area contributed by atoms with Gasteiger partial charge in [0, 0.05) is 5.69 Å². The smallest absolute Gasteiger partial charge is 0.276 e. The van der Waals surface area contributed by atoms with E-state index in [2.05, 4.69) is 15.5 Å². The van der Waals surface area contributed by atoms with Crippen molar-refractivity contribution in [3.63, 3.8) is 0 Å². The summed E-state index contributed by atoms with van der Waals surface area (Å²) >= 11 is 1.61. The van der Waals surface area contributed by atoms with Gasteiger partial charge in [-0.25, -0.2) is 0 Å². The van der Waals surface area contributed by atoms with Gasteiger partial charge in [0.1, 0.15) is 0 Å². The molecule has 21 heavy (non-hydrogen) atoms. The summed E-state index contributed by atoms with van der Waals surface area (Å²) in [6.07, 6.45) is 0. The van der Waals surface area contributed by atoms with Crippen molar-refractivity contribution in [3.8, 4) is 10.6 Å². The fourth-order valence-electron chi connectivity index (χ4n) is 2.14. The lowest BCUT2D eigenvalue weighted by molar-refractivity contribution is 0.102. The van der Waals surface area contributed by atoms with E-state index in [0.717, 1.165) is 21.8 Å². The summed E-state index contributed by atoms with van der Waals surface area (Å²) in [6.45, 7) is 4.00. The number of nitrogens with zero attached hydrogens (tertiary/aromatic N) is 1. The highest BCUT2D eigenvalue weighted by molar-refractivity contribution is 7.13. The number of rotatable bonds is 3. The first-order chi connectivity index (χ1) is 10.1. The number of hydrogen-bond donors (Lipinski definition) is 2. The van der Waals surface area contributed by atoms with Crippen LogP contribution in [0.2, 0.25) is 0 Å². The second-order valence-corrected chi connectivity index (χ2v) is 5.86. The van der Waals surface area contributed by atoms with E-state index in [-0.39, 0.29) is 5.91 Å². The maximum atomic E-state index is 12.2. The number of nitrogens with one attached hydrogen (secondary N) is 2. The van der Waals surface area contributed by atoms with Crippen LogP contribution in [0, 0.1) is 13.8 Å². The second kappa shape index (κ2) is 5.54. The molecule has 3 rings (SSSR count). The van der Waals surface area contributed by atoms with E-state index in [1.165, 1.54) is 5.56 Å². The predicted molar refractivity (Wildman–Crippen MR) is 85.8 cm³/mol. The number of carbonyl (C=O) groups is 1. The molecule has 0 aliphatic heterocycles. The van der Waals surface area contributed by atoms with E-state index in [0.29, 0.717) is 5.69 Å². The number of hydrogen-bond acceptors (Lipinski definition) is 3. The van der Waals surface area contributed by atoms with Gasteiger partial charge < -0.3 is 5.32 Å². The van der Waals surface area contributed by atoms with E-state index >= 15 is 0 Å². The molecule has 0 atom stereocenters. The van der Waals surface area contributed by atoms with Gasteiger partial charge in [0.2, 0.25) is 0 Å². The topological polar surface area (TPSA) is 57.8 Å². The normalized spacial score (nSPS) is 10.6. The van der Waals surface area contributed by atoms with E-state index in [9.17, 15) is 4.79 Å². The largest absolute Gasteiger partial charge is 0.320 e. The summed E-state index contributed by atoms with van der Waals surface area (Å²) in [5.74, 6) is -0.207. The number of benzene rings is 1. The molecule has 4 nitrogen and oxygen atoms in total. The Hall–Kier alpha value is -2.40. The van der Waals surface area contributed by atoms with Crippen LogP contribution in [0.1, 0.15) is 21.6 Å². The Morgan fingerprint density at radius 2 is 2.10 bits per heavy atom. The Labute approximate surface area is 126 Å². The first-order valence-corrected chi connectivity index (χ1v) is 7.49. The molecule has 0 aliphatic rings. The van der Waals surface area contributed by atoms with Crippen LogP contribution in [0.25, 0.3) is 10.6 Å². The Morgan fingerprint density at radius 3 is 2.81 bits per heavy atom. The van der Waals surface area contributed by atoms with E-state index in [1.54, 1.807) is 17.4 Å². The van der Waals surface area contributed by atoms with E-state index < -0.39 is 0 Å². The molecule has 0 bridgehead atoms. The predicted octanol–water partition coefficient (Wildman–Crippen LogP) is 4.01. The van der Waals surface area contributed by atoms with Crippen molar-refractivity contribution < 1.29 is 4.79 Å². The van der Waals surface area contributed by atoms with Crippen molar-refractivity contribution in [3.05, 3.63) is 58.6 Å². The maximum absolute atomic E-state index is 12.2. The summed E-state index contributed by atoms with van der Waals surface area (Å²) in [6, 6.07) is 11.7. The van der Waals surface area contributed by atoms with Gasteiger partial charge in [-0.1, -0.05) is 23.8 Å². The number of aromatic nitrogens is 2. The minimum Gasteiger partial charge on any atom is -0.320 e. The zero-order chi connectivity index (χ0) is 14.8. The summed E-state index contributed by atoms with van der Waals surface area (Å²) in [4.78, 5) is 13.3. The number of thiophene rings is 1. The molecule has 0 saturated carbocycles. The van der Waals surface area contributed by atoms with Gasteiger partial charge in [0.25, 0.3) is 5.91 Å². The van der Waals surface area contributed by atoms with Crippen LogP contribution >= 0.6 is 11.3 Å². The van der Waals surface area contributed by atoms with Crippen LogP contribution in [-0.2, 0) is 0 Å². The lowest BCUT2D eigenvalue weighted by Crippen LogP contribution is -2.13. The third-order valence-corrected chi connectivity index (χ3v) is 4.13. The van der Waals surface area contributed by atoms with Gasteiger partial charge in [0.15, 0.2) is 5.69 Å². The molecule has 106 valence electrons. The van der Waals surface area contributed by atoms with Crippen LogP contribution in [0.5, 0.6) is 0 Å². The third-order valence-electron chi connectivity index (χ3n) is 3.23. The lowest BCUT2D eigenvalue weighted by Gasteiger charge is -2.07. The number of amides is 1. The molecule has 0 unspecified atom stereocenters. The Bertz CT molecular complexity index is 775. The Kier molecular flexibility index (Phi) is 3.58. The fraction of sp³-hybridized carbons (Fsp3) is 0.125. The molecule has 2 aromatic heterocycles. The SMILES string of the molecule is Cc1ccc(NC(=O)c2cc(-c3cccs3)[nH]n2)c(C)c1. The molecule has 3 aromatic rings. The molecule has 5 heteroatoms. The number of carbonyl (C=O) groups excluding carboxylic acids is 1. The monoisotopic (exact) mass is 297 g/mol. The van der Waals surface area contributed by atoms with Gasteiger partial charge in [-0.2, -0.15) is 5.10 Å². The molecule has 0 radical (unpaired) electrons. The standard InChI is InChI=1S/C16H15N3OS/c1-10-5-6-12(11(2)8-10)17-16(20)14-9-13(18-19-14)15-4-3-7-21-15/h3-9H,1-2H3,(H,17,20)(H,18,19). The second-order valence-electron chi connectivity index (χ2n) is 4.92. The summed E-state index contributed by atoms with van der Waals surface area (Å²) < 4.78 is 0. The van der Waals surface area contributed by atoms with Gasteiger partial charge >= 0.3 is 0 Å². The van der Waals surface area contributed by atoms with Crippen molar-refractivity contribution in [2.45, 2.75) is 13.8 Å². The highest BCUT2D eigenvalue weighted by Gasteiger charge is 2.13. The molecule has 2 N–H and O–H groups in total. The van der Waals surface area contributed by atoms with Crippen molar-refractivity contribution in [1.82, 2.24) is 10.2 Å². The quantitative estimate of drug-likeness (QED) is 0.767. The molecule has 1 aromatic carbocycles. The van der Waals surface area contributed by atoms with Crippen molar-refractivity contribution in [2.24, 2.45) is 0 Å². The van der Waals surface area contributed by atoms with Crippen molar-refractivity contribution in [2.75, 3.05) is 5.32 Å². The average Bonchev–Trinajstić information content (AvgIpc) is 3.10. The molecule has 0 fully saturated rings. The van der Waals surface area contributed by atoms with E-state index in [1.807, 2.05) is 49.6 Å². The molecule has 2 heterocycles. The number of H-pyrrole nitrogens is 1. The van der Waals surface area contributed by atoms with Crippen molar-refractivity contribution >= 4 is 22.9 Å². The van der Waals surface area contributed by atoms with Gasteiger partial charge in [-0.3, -0.25) is 9.89 Å². The highest BCUT2D eigenvalue weighted by atomic mass is 32.1. The lowest BCUT2D eigenvalue weighted by atomic mass is 10.1. The van der Waals surface area contributed by atoms with Crippen LogP contribution < -0.4 is 5.32 Å². The van der Waals surface area contributed by atoms with Gasteiger partial charge in [0.05, 0.1) is 10.6 Å². The highest BCUT2D eigenvalue weighted by Crippen LogP contribution is 2.23. The zero-order valence-electron chi connectivity index (χ0n) is 11.8. The summed E-state index contributed by atoms with van der Waals surface area (Å²) in [7, 11) is 0. The molecular formula is C16H15N3OS. The number of anilines is 1. The minimum absolute atomic E-state index is 0.207. The van der Waals surface area contributed by atoms with Gasteiger partial charge in [-0.05, 0) is 43.0 Å². The minimum atomic E-state index is -0.207. The molecule has 0 spiro atoms. The van der Waals surface area contributed by atoms with Crippen molar-refractivity contribution in [1.29, 1.82) is 0 Å². The molecular weight excluding hydrogens is 282 g/mol. The third kappa shape index (κ3) is 2.87. The van der Waals surface area contributed by atoms with Crippen LogP contribution in [0.4, 0.5) is 5.69 Å². The molecule has 1 amide bonds. The first kappa shape index (κ1) is 13.6. The summed E-state index contributed by atoms with van der Waals surface area (Å²) in [5, 5.41) is 11.9. The Balaban J connectivity index is 1.79. The fourth-order valence-corrected chi connectivity index (χ4v) is 2.83. The number of aromatic amines is 1. The van der Waals surface area contributed by atoms with Gasteiger partial charge in [-0.15, -0.1) is 11.3 Å². The van der Waals surface area contributed by atoms with Crippen LogP contribution in [0.15, 0.2) is 41.8 Å².